The van der Waals surface area contributed by atoms with Crippen molar-refractivity contribution in [3.05, 3.63) is 59.1 Å². The number of nitrogens with one attached hydrogen (secondary N) is 1. The lowest BCUT2D eigenvalue weighted by molar-refractivity contribution is -0.122. The number of para-hydroxylation sites is 2. The molecule has 1 heterocycles. The minimum Gasteiger partial charge on any atom is -0.380 e. The van der Waals surface area contributed by atoms with Gasteiger partial charge in [-0.1, -0.05) is 42.3 Å². The maximum Gasteiger partial charge on any atom is 0.232 e. The first-order chi connectivity index (χ1) is 11.2. The Kier molecular flexibility index (Phi) is 5.02. The Hall–Kier alpha value is -1.71. The highest BCUT2D eigenvalue weighted by atomic mass is 35.5. The summed E-state index contributed by atoms with van der Waals surface area (Å²) in [6, 6.07) is 16.1. The lowest BCUT2D eigenvalue weighted by Crippen LogP contribution is -2.38. The molecular weight excluding hydrogens is 343 g/mol. The number of benzene rings is 2. The molecule has 2 aromatic carbocycles. The number of halogens is 2. The van der Waals surface area contributed by atoms with Crippen molar-refractivity contribution in [2.24, 2.45) is 5.92 Å². The fourth-order valence-electron chi connectivity index (χ4n) is 3.71. The minimum absolute atomic E-state index is 0. The first-order valence-electron chi connectivity index (χ1n) is 8.14. The fourth-order valence-corrected chi connectivity index (χ4v) is 3.84. The van der Waals surface area contributed by atoms with Gasteiger partial charge in [0.25, 0.3) is 0 Å². The summed E-state index contributed by atoms with van der Waals surface area (Å²) in [6.07, 6.45) is 3.16. The number of hydrogen-bond acceptors (Lipinski definition) is 2. The summed E-state index contributed by atoms with van der Waals surface area (Å²) in [5.41, 5.74) is 3.13. The van der Waals surface area contributed by atoms with Crippen molar-refractivity contribution in [3.8, 4) is 0 Å². The quantitative estimate of drug-likeness (QED) is 0.824. The normalized spacial score (nSPS) is 22.0. The maximum absolute atomic E-state index is 13.1. The van der Waals surface area contributed by atoms with Gasteiger partial charge in [0.1, 0.15) is 0 Å². The summed E-state index contributed by atoms with van der Waals surface area (Å²) >= 11 is 5.97. The van der Waals surface area contributed by atoms with Crippen LogP contribution < -0.4 is 10.2 Å². The third-order valence-electron chi connectivity index (χ3n) is 4.89. The fraction of sp³-hybridized carbons (Fsp3) is 0.316. The Morgan fingerprint density at radius 2 is 1.83 bits per heavy atom. The first kappa shape index (κ1) is 17.1. The number of nitrogens with zero attached hydrogens (tertiary/aromatic N) is 1. The molecule has 0 bridgehead atoms. The number of carbonyl (C=O) groups is 1. The average Bonchev–Trinajstić information content (AvgIpc) is 2.99. The zero-order valence-corrected chi connectivity index (χ0v) is 14.8. The number of rotatable bonds is 2. The second kappa shape index (κ2) is 7.04. The van der Waals surface area contributed by atoms with Crippen LogP contribution in [0.3, 0.4) is 0 Å². The molecule has 2 aliphatic rings. The van der Waals surface area contributed by atoms with E-state index in [0.717, 1.165) is 36.2 Å². The Bertz CT molecular complexity index is 732. The number of amides is 1. The smallest absolute Gasteiger partial charge is 0.232 e. The second-order valence-electron chi connectivity index (χ2n) is 6.36. The molecule has 0 saturated heterocycles. The Balaban J connectivity index is 0.00000169. The van der Waals surface area contributed by atoms with E-state index < -0.39 is 0 Å². The highest BCUT2D eigenvalue weighted by Gasteiger charge is 2.39. The van der Waals surface area contributed by atoms with Crippen molar-refractivity contribution < 1.29 is 4.79 Å². The SMILES string of the molecule is Cl.O=C1[C@H]2CCC[C@H]2Nc2ccccc2N1Cc1ccc(Cl)cc1. The van der Waals surface area contributed by atoms with E-state index in [1.54, 1.807) is 0 Å². The number of anilines is 2. The van der Waals surface area contributed by atoms with Crippen LogP contribution in [0.5, 0.6) is 0 Å². The number of hydrogen-bond donors (Lipinski definition) is 1. The van der Waals surface area contributed by atoms with Crippen LogP contribution in [0.15, 0.2) is 48.5 Å². The van der Waals surface area contributed by atoms with Gasteiger partial charge in [0.2, 0.25) is 5.91 Å². The molecule has 0 radical (unpaired) electrons. The van der Waals surface area contributed by atoms with E-state index in [0.29, 0.717) is 11.6 Å². The van der Waals surface area contributed by atoms with Gasteiger partial charge < -0.3 is 10.2 Å². The molecule has 0 unspecified atom stereocenters. The molecule has 4 rings (SSSR count). The van der Waals surface area contributed by atoms with Crippen LogP contribution in [0.4, 0.5) is 11.4 Å². The van der Waals surface area contributed by atoms with E-state index in [2.05, 4.69) is 11.4 Å². The van der Waals surface area contributed by atoms with E-state index >= 15 is 0 Å². The van der Waals surface area contributed by atoms with Crippen LogP contribution in [0.1, 0.15) is 24.8 Å². The molecule has 24 heavy (non-hydrogen) atoms. The standard InChI is InChI=1S/C19H19ClN2O.ClH/c20-14-10-8-13(9-11-14)12-22-18-7-2-1-5-17(18)21-16-6-3-4-15(16)19(22)23;/h1-2,5,7-11,15-16,21H,3-4,6,12H2;1H/t15-,16+;/m0./s1. The summed E-state index contributed by atoms with van der Waals surface area (Å²) in [6.45, 7) is 0.581. The Labute approximate surface area is 153 Å². The molecule has 0 spiro atoms. The molecule has 0 aromatic heterocycles. The van der Waals surface area contributed by atoms with E-state index in [-0.39, 0.29) is 30.3 Å². The van der Waals surface area contributed by atoms with Crippen LogP contribution in [0.25, 0.3) is 0 Å². The average molecular weight is 363 g/mol. The molecule has 1 fully saturated rings. The van der Waals surface area contributed by atoms with Crippen LogP contribution >= 0.6 is 24.0 Å². The zero-order valence-electron chi connectivity index (χ0n) is 13.2. The third kappa shape index (κ3) is 3.11. The number of fused-ring (bicyclic) bond motifs is 2. The molecule has 1 N–H and O–H groups in total. The molecule has 1 saturated carbocycles. The third-order valence-corrected chi connectivity index (χ3v) is 5.14. The lowest BCUT2D eigenvalue weighted by atomic mass is 10.0. The minimum atomic E-state index is 0. The van der Waals surface area contributed by atoms with Crippen molar-refractivity contribution >= 4 is 41.3 Å². The van der Waals surface area contributed by atoms with Gasteiger partial charge in [-0.3, -0.25) is 4.79 Å². The van der Waals surface area contributed by atoms with E-state index in [9.17, 15) is 4.79 Å². The monoisotopic (exact) mass is 362 g/mol. The van der Waals surface area contributed by atoms with Gasteiger partial charge in [0.05, 0.1) is 23.8 Å². The van der Waals surface area contributed by atoms with E-state index in [1.165, 1.54) is 0 Å². The highest BCUT2D eigenvalue weighted by molar-refractivity contribution is 6.30. The molecule has 5 heteroatoms. The Morgan fingerprint density at radius 1 is 1.08 bits per heavy atom. The molecule has 2 aromatic rings. The lowest BCUT2D eigenvalue weighted by Gasteiger charge is -2.25. The van der Waals surface area contributed by atoms with Gasteiger partial charge in [-0.05, 0) is 42.7 Å². The number of carbonyl (C=O) groups excluding carboxylic acids is 1. The van der Waals surface area contributed by atoms with Crippen molar-refractivity contribution in [2.75, 3.05) is 10.2 Å². The van der Waals surface area contributed by atoms with Gasteiger partial charge in [0, 0.05) is 11.1 Å². The summed E-state index contributed by atoms with van der Waals surface area (Å²) in [5.74, 6) is 0.314. The topological polar surface area (TPSA) is 32.3 Å². The maximum atomic E-state index is 13.1. The largest absolute Gasteiger partial charge is 0.380 e. The van der Waals surface area contributed by atoms with Gasteiger partial charge >= 0.3 is 0 Å². The van der Waals surface area contributed by atoms with Crippen molar-refractivity contribution in [1.29, 1.82) is 0 Å². The van der Waals surface area contributed by atoms with Crippen LogP contribution in [0, 0.1) is 5.92 Å². The molecule has 126 valence electrons. The van der Waals surface area contributed by atoms with Gasteiger partial charge in [-0.2, -0.15) is 0 Å². The van der Waals surface area contributed by atoms with Crippen LogP contribution in [-0.4, -0.2) is 11.9 Å². The second-order valence-corrected chi connectivity index (χ2v) is 6.79. The van der Waals surface area contributed by atoms with Crippen LogP contribution in [0.2, 0.25) is 5.02 Å². The molecule has 1 amide bonds. The summed E-state index contributed by atoms with van der Waals surface area (Å²) < 4.78 is 0. The zero-order chi connectivity index (χ0) is 15.8. The highest BCUT2D eigenvalue weighted by Crippen LogP contribution is 2.39. The molecule has 1 aliphatic carbocycles. The molecule has 3 nitrogen and oxygen atoms in total. The predicted molar refractivity (Wildman–Crippen MR) is 101 cm³/mol. The Morgan fingerprint density at radius 3 is 2.62 bits per heavy atom. The summed E-state index contributed by atoms with van der Waals surface area (Å²) in [7, 11) is 0. The molecular formula is C19H20Cl2N2O. The van der Waals surface area contributed by atoms with Crippen molar-refractivity contribution in [3.63, 3.8) is 0 Å². The van der Waals surface area contributed by atoms with Gasteiger partial charge in [0.15, 0.2) is 0 Å². The summed E-state index contributed by atoms with van der Waals surface area (Å²) in [4.78, 5) is 15.1. The van der Waals surface area contributed by atoms with Crippen molar-refractivity contribution in [2.45, 2.75) is 31.8 Å². The van der Waals surface area contributed by atoms with Gasteiger partial charge in [-0.25, -0.2) is 0 Å². The predicted octanol–water partition coefficient (Wildman–Crippen LogP) is 4.89. The van der Waals surface area contributed by atoms with Crippen molar-refractivity contribution in [1.82, 2.24) is 0 Å². The van der Waals surface area contributed by atoms with E-state index in [1.807, 2.05) is 47.4 Å². The van der Waals surface area contributed by atoms with Gasteiger partial charge in [-0.15, -0.1) is 12.4 Å². The molecule has 1 aliphatic heterocycles. The first-order valence-corrected chi connectivity index (χ1v) is 8.51. The summed E-state index contributed by atoms with van der Waals surface area (Å²) in [5, 5.41) is 4.31. The van der Waals surface area contributed by atoms with Crippen LogP contribution in [-0.2, 0) is 11.3 Å². The van der Waals surface area contributed by atoms with E-state index in [4.69, 9.17) is 11.6 Å². The molecule has 2 atom stereocenters.